The van der Waals surface area contributed by atoms with Gasteiger partial charge in [-0.2, -0.15) is 0 Å². The summed E-state index contributed by atoms with van der Waals surface area (Å²) in [5.74, 6) is -2.49. The summed E-state index contributed by atoms with van der Waals surface area (Å²) in [5.41, 5.74) is -0.259. The second kappa shape index (κ2) is 6.50. The Morgan fingerprint density at radius 1 is 0.923 bits per heavy atom. The first-order valence-electron chi connectivity index (χ1n) is 7.83. The summed E-state index contributed by atoms with van der Waals surface area (Å²) in [6, 6.07) is 9.78. The van der Waals surface area contributed by atoms with Crippen molar-refractivity contribution in [2.24, 2.45) is 0 Å². The highest BCUT2D eigenvalue weighted by Crippen LogP contribution is 2.44. The average Bonchev–Trinajstić information content (AvgIpc) is 2.62. The van der Waals surface area contributed by atoms with Gasteiger partial charge >= 0.3 is 11.9 Å². The number of aromatic carboxylic acids is 2. The van der Waals surface area contributed by atoms with Gasteiger partial charge in [-0.15, -0.1) is 0 Å². The lowest BCUT2D eigenvalue weighted by Gasteiger charge is -2.33. The van der Waals surface area contributed by atoms with Crippen molar-refractivity contribution in [3.8, 4) is 5.75 Å². The smallest absolute Gasteiger partial charge is 0.335 e. The van der Waals surface area contributed by atoms with Gasteiger partial charge in [0.05, 0.1) is 11.1 Å². The van der Waals surface area contributed by atoms with E-state index < -0.39 is 17.5 Å². The van der Waals surface area contributed by atoms with Gasteiger partial charge in [0, 0.05) is 12.0 Å². The van der Waals surface area contributed by atoms with Crippen LogP contribution in [0.2, 0.25) is 0 Å². The maximum atomic E-state index is 11.3. The first-order valence-corrected chi connectivity index (χ1v) is 7.83. The van der Waals surface area contributed by atoms with Crippen molar-refractivity contribution in [3.63, 3.8) is 0 Å². The second-order valence-electron chi connectivity index (χ2n) is 5.99. The molecule has 0 amide bonds. The molecule has 1 aliphatic rings. The SMILES string of the molecule is O=C(O)c1ccc(C2(O)CC=CC=C2c2ccc(C(=O)O)cc2O)cc1. The van der Waals surface area contributed by atoms with Gasteiger partial charge in [0.1, 0.15) is 11.4 Å². The van der Waals surface area contributed by atoms with Crippen molar-refractivity contribution < 1.29 is 30.0 Å². The van der Waals surface area contributed by atoms with E-state index >= 15 is 0 Å². The van der Waals surface area contributed by atoms with Crippen molar-refractivity contribution in [3.05, 3.63) is 82.9 Å². The fourth-order valence-corrected chi connectivity index (χ4v) is 3.02. The third-order valence-corrected chi connectivity index (χ3v) is 4.40. The number of aromatic hydroxyl groups is 1. The molecule has 6 nitrogen and oxygen atoms in total. The van der Waals surface area contributed by atoms with Crippen LogP contribution in [-0.2, 0) is 5.60 Å². The minimum Gasteiger partial charge on any atom is -0.507 e. The Labute approximate surface area is 149 Å². The summed E-state index contributed by atoms with van der Waals surface area (Å²) in [6.07, 6.45) is 5.37. The number of hydrogen-bond donors (Lipinski definition) is 4. The number of phenolic OH excluding ortho intramolecular Hbond substituents is 1. The van der Waals surface area contributed by atoms with Crippen molar-refractivity contribution in [2.45, 2.75) is 12.0 Å². The number of carboxylic acids is 2. The summed E-state index contributed by atoms with van der Waals surface area (Å²) < 4.78 is 0. The number of benzene rings is 2. The van der Waals surface area contributed by atoms with Crippen molar-refractivity contribution in [1.82, 2.24) is 0 Å². The molecule has 0 spiro atoms. The molecule has 0 aliphatic heterocycles. The first kappa shape index (κ1) is 17.4. The van der Waals surface area contributed by atoms with Crippen LogP contribution in [0.4, 0.5) is 0 Å². The van der Waals surface area contributed by atoms with Crippen LogP contribution in [0.1, 0.15) is 38.3 Å². The number of carbonyl (C=O) groups is 2. The van der Waals surface area contributed by atoms with E-state index in [1.807, 2.05) is 0 Å². The molecule has 1 atom stereocenters. The van der Waals surface area contributed by atoms with E-state index in [9.17, 15) is 19.8 Å². The predicted molar refractivity (Wildman–Crippen MR) is 94.1 cm³/mol. The molecular formula is C20H16O6. The molecular weight excluding hydrogens is 336 g/mol. The number of hydrogen-bond acceptors (Lipinski definition) is 4. The zero-order chi connectivity index (χ0) is 18.9. The van der Waals surface area contributed by atoms with Gasteiger partial charge in [-0.05, 0) is 35.4 Å². The van der Waals surface area contributed by atoms with Crippen LogP contribution in [0.3, 0.4) is 0 Å². The molecule has 4 N–H and O–H groups in total. The molecule has 6 heteroatoms. The second-order valence-corrected chi connectivity index (χ2v) is 5.99. The standard InChI is InChI=1S/C20H16O6/c21-17-11-13(19(24)25)6-9-15(17)16-3-1-2-10-20(16,26)14-7-4-12(5-8-14)18(22)23/h1-9,11,21,26H,10H2,(H,22,23)(H,24,25). The number of carboxylic acid groups (broad SMARTS) is 2. The van der Waals surface area contributed by atoms with E-state index in [0.717, 1.165) is 6.07 Å². The van der Waals surface area contributed by atoms with Crippen LogP contribution in [0.5, 0.6) is 5.75 Å². The van der Waals surface area contributed by atoms with Gasteiger partial charge in [0.2, 0.25) is 0 Å². The fraction of sp³-hybridized carbons (Fsp3) is 0.100. The van der Waals surface area contributed by atoms with Gasteiger partial charge in [-0.25, -0.2) is 9.59 Å². The maximum Gasteiger partial charge on any atom is 0.335 e. The van der Waals surface area contributed by atoms with Crippen LogP contribution < -0.4 is 0 Å². The van der Waals surface area contributed by atoms with Gasteiger partial charge < -0.3 is 20.4 Å². The Balaban J connectivity index is 2.07. The molecule has 132 valence electrons. The molecule has 3 rings (SSSR count). The lowest BCUT2D eigenvalue weighted by molar-refractivity contribution is 0.0685. The van der Waals surface area contributed by atoms with Crippen molar-refractivity contribution in [2.75, 3.05) is 0 Å². The molecule has 0 radical (unpaired) electrons. The lowest BCUT2D eigenvalue weighted by Crippen LogP contribution is -2.28. The average molecular weight is 352 g/mol. The Morgan fingerprint density at radius 3 is 2.12 bits per heavy atom. The molecule has 1 aliphatic carbocycles. The molecule has 1 unspecified atom stereocenters. The highest BCUT2D eigenvalue weighted by molar-refractivity contribution is 5.90. The third-order valence-electron chi connectivity index (χ3n) is 4.40. The number of rotatable bonds is 4. The largest absolute Gasteiger partial charge is 0.507 e. The normalized spacial score (nSPS) is 19.0. The van der Waals surface area contributed by atoms with Crippen LogP contribution in [0, 0.1) is 0 Å². The summed E-state index contributed by atoms with van der Waals surface area (Å²) in [7, 11) is 0. The van der Waals surface area contributed by atoms with Crippen molar-refractivity contribution in [1.29, 1.82) is 0 Å². The number of allylic oxidation sites excluding steroid dienone is 2. The molecule has 0 saturated carbocycles. The summed E-state index contributed by atoms with van der Waals surface area (Å²) in [6.45, 7) is 0. The van der Waals surface area contributed by atoms with Crippen LogP contribution in [0.25, 0.3) is 5.57 Å². The molecule has 26 heavy (non-hydrogen) atoms. The Kier molecular flexibility index (Phi) is 4.36. The van der Waals surface area contributed by atoms with Crippen LogP contribution in [-0.4, -0.2) is 32.4 Å². The number of phenols is 1. The molecule has 0 aromatic heterocycles. The van der Waals surface area contributed by atoms with E-state index in [0.29, 0.717) is 16.7 Å². The van der Waals surface area contributed by atoms with Crippen LogP contribution in [0.15, 0.2) is 60.7 Å². The van der Waals surface area contributed by atoms with E-state index in [1.54, 1.807) is 18.2 Å². The third kappa shape index (κ3) is 2.98. The van der Waals surface area contributed by atoms with Crippen LogP contribution >= 0.6 is 0 Å². The number of aliphatic hydroxyl groups is 1. The molecule has 2 aromatic carbocycles. The molecule has 0 heterocycles. The monoisotopic (exact) mass is 352 g/mol. The van der Waals surface area contributed by atoms with Gasteiger partial charge in [0.25, 0.3) is 0 Å². The highest BCUT2D eigenvalue weighted by Gasteiger charge is 2.36. The summed E-state index contributed by atoms with van der Waals surface area (Å²) in [5, 5.41) is 39.6. The zero-order valence-corrected chi connectivity index (χ0v) is 13.6. The molecule has 2 aromatic rings. The quantitative estimate of drug-likeness (QED) is 0.672. The van der Waals surface area contributed by atoms with E-state index in [1.165, 1.54) is 36.4 Å². The lowest BCUT2D eigenvalue weighted by atomic mass is 9.77. The van der Waals surface area contributed by atoms with Crippen molar-refractivity contribution >= 4 is 17.5 Å². The molecule has 0 bridgehead atoms. The Hall–Kier alpha value is -3.38. The minimum absolute atomic E-state index is 0.0625. The summed E-state index contributed by atoms with van der Waals surface area (Å²) >= 11 is 0. The van der Waals surface area contributed by atoms with E-state index in [4.69, 9.17) is 10.2 Å². The maximum absolute atomic E-state index is 11.3. The topological polar surface area (TPSA) is 115 Å². The van der Waals surface area contributed by atoms with Gasteiger partial charge in [0.15, 0.2) is 0 Å². The predicted octanol–water partition coefficient (Wildman–Crippen LogP) is 3.02. The fourth-order valence-electron chi connectivity index (χ4n) is 3.02. The molecule has 0 fully saturated rings. The first-order chi connectivity index (χ1) is 12.3. The Morgan fingerprint density at radius 2 is 1.54 bits per heavy atom. The summed E-state index contributed by atoms with van der Waals surface area (Å²) in [4.78, 5) is 22.1. The van der Waals surface area contributed by atoms with Gasteiger partial charge in [-0.1, -0.05) is 36.4 Å². The van der Waals surface area contributed by atoms with E-state index in [2.05, 4.69) is 0 Å². The minimum atomic E-state index is -1.48. The van der Waals surface area contributed by atoms with Gasteiger partial charge in [-0.3, -0.25) is 0 Å². The Bertz CT molecular complexity index is 939. The molecule has 0 saturated heterocycles. The highest BCUT2D eigenvalue weighted by atomic mass is 16.4. The van der Waals surface area contributed by atoms with E-state index in [-0.39, 0.29) is 23.3 Å². The zero-order valence-electron chi connectivity index (χ0n) is 13.6.